The number of anilines is 1. The van der Waals surface area contributed by atoms with E-state index in [0.717, 1.165) is 37.1 Å². The lowest BCUT2D eigenvalue weighted by molar-refractivity contribution is -0.121. The van der Waals surface area contributed by atoms with Gasteiger partial charge in [-0.25, -0.2) is 4.79 Å². The van der Waals surface area contributed by atoms with Crippen molar-refractivity contribution in [3.8, 4) is 5.75 Å². The maximum atomic E-state index is 12.4. The third-order valence-corrected chi connectivity index (χ3v) is 4.91. The third-order valence-electron chi connectivity index (χ3n) is 4.91. The molecule has 6 heteroatoms. The normalized spacial score (nSPS) is 17.0. The lowest BCUT2D eigenvalue weighted by Crippen LogP contribution is -2.39. The zero-order valence-electron chi connectivity index (χ0n) is 16.8. The van der Waals surface area contributed by atoms with Crippen LogP contribution in [0.5, 0.6) is 5.75 Å². The van der Waals surface area contributed by atoms with Crippen molar-refractivity contribution >= 4 is 17.7 Å². The lowest BCUT2D eigenvalue weighted by atomic mass is 10.0. The number of nitrogens with zero attached hydrogens (tertiary/aromatic N) is 2. The molecule has 2 amide bonds. The first-order chi connectivity index (χ1) is 12.8. The van der Waals surface area contributed by atoms with Crippen molar-refractivity contribution in [2.75, 3.05) is 31.1 Å². The van der Waals surface area contributed by atoms with Crippen molar-refractivity contribution in [2.45, 2.75) is 59.0 Å². The van der Waals surface area contributed by atoms with Crippen LogP contribution in [0.3, 0.4) is 0 Å². The average molecular weight is 374 g/mol. The van der Waals surface area contributed by atoms with E-state index < -0.39 is 5.60 Å². The van der Waals surface area contributed by atoms with E-state index in [1.54, 1.807) is 4.90 Å². The Morgan fingerprint density at radius 3 is 2.48 bits per heavy atom. The van der Waals surface area contributed by atoms with Crippen molar-refractivity contribution in [3.63, 3.8) is 0 Å². The predicted molar refractivity (Wildman–Crippen MR) is 104 cm³/mol. The van der Waals surface area contributed by atoms with Gasteiger partial charge in [0, 0.05) is 19.6 Å². The van der Waals surface area contributed by atoms with Gasteiger partial charge in [-0.2, -0.15) is 0 Å². The first-order valence-corrected chi connectivity index (χ1v) is 9.85. The molecule has 0 aromatic heterocycles. The van der Waals surface area contributed by atoms with Crippen molar-refractivity contribution in [3.05, 3.63) is 23.3 Å². The summed E-state index contributed by atoms with van der Waals surface area (Å²) in [7, 11) is 0. The van der Waals surface area contributed by atoms with Gasteiger partial charge in [0.25, 0.3) is 5.91 Å². The van der Waals surface area contributed by atoms with Crippen LogP contribution in [-0.4, -0.2) is 48.7 Å². The second kappa shape index (κ2) is 7.79. The molecular weight excluding hydrogens is 344 g/mol. The molecule has 0 unspecified atom stereocenters. The molecule has 0 saturated carbocycles. The zero-order valence-corrected chi connectivity index (χ0v) is 16.8. The fourth-order valence-electron chi connectivity index (χ4n) is 3.49. The fraction of sp³-hybridized carbons (Fsp3) is 0.619. The highest BCUT2D eigenvalue weighted by molar-refractivity contribution is 5.98. The van der Waals surface area contributed by atoms with E-state index >= 15 is 0 Å². The average Bonchev–Trinajstić information content (AvgIpc) is 2.80. The molecule has 2 heterocycles. The number of fused-ring (bicyclic) bond motifs is 2. The van der Waals surface area contributed by atoms with Gasteiger partial charge in [0.05, 0.1) is 5.69 Å². The zero-order chi connectivity index (χ0) is 19.6. The largest absolute Gasteiger partial charge is 0.482 e. The van der Waals surface area contributed by atoms with E-state index in [4.69, 9.17) is 9.47 Å². The highest BCUT2D eigenvalue weighted by atomic mass is 16.6. The van der Waals surface area contributed by atoms with Gasteiger partial charge in [0.1, 0.15) is 11.4 Å². The van der Waals surface area contributed by atoms with Gasteiger partial charge in [-0.1, -0.05) is 13.3 Å². The Kier molecular flexibility index (Phi) is 5.63. The fourth-order valence-corrected chi connectivity index (χ4v) is 3.49. The predicted octanol–water partition coefficient (Wildman–Crippen LogP) is 3.55. The molecule has 0 N–H and O–H groups in total. The molecule has 0 bridgehead atoms. The Balaban J connectivity index is 1.79. The molecule has 27 heavy (non-hydrogen) atoms. The SMILES string of the molecule is CCCCN1C(=O)COc2cc3c(cc21)CCN(C(=O)OC(C)(C)C)CC3. The van der Waals surface area contributed by atoms with Crippen molar-refractivity contribution in [2.24, 2.45) is 0 Å². The Labute approximate surface area is 161 Å². The molecule has 6 nitrogen and oxygen atoms in total. The van der Waals surface area contributed by atoms with Crippen LogP contribution in [0.1, 0.15) is 51.7 Å². The molecule has 0 fully saturated rings. The summed E-state index contributed by atoms with van der Waals surface area (Å²) >= 11 is 0. The van der Waals surface area contributed by atoms with Crippen molar-refractivity contribution in [1.82, 2.24) is 4.90 Å². The minimum absolute atomic E-state index is 0.0138. The summed E-state index contributed by atoms with van der Waals surface area (Å²) in [5.41, 5.74) is 2.73. The van der Waals surface area contributed by atoms with E-state index in [-0.39, 0.29) is 18.6 Å². The minimum Gasteiger partial charge on any atom is -0.482 e. The Morgan fingerprint density at radius 1 is 1.19 bits per heavy atom. The number of benzene rings is 1. The molecule has 3 rings (SSSR count). The third kappa shape index (κ3) is 4.54. The number of unbranched alkanes of at least 4 members (excludes halogenated alkanes) is 1. The second-order valence-electron chi connectivity index (χ2n) is 8.24. The van der Waals surface area contributed by atoms with Crippen LogP contribution in [0.2, 0.25) is 0 Å². The molecule has 2 aliphatic heterocycles. The van der Waals surface area contributed by atoms with Crippen LogP contribution in [0.15, 0.2) is 12.1 Å². The molecule has 0 aliphatic carbocycles. The summed E-state index contributed by atoms with van der Waals surface area (Å²) in [6.45, 7) is 9.81. The summed E-state index contributed by atoms with van der Waals surface area (Å²) in [6, 6.07) is 4.13. The lowest BCUT2D eigenvalue weighted by Gasteiger charge is -2.30. The van der Waals surface area contributed by atoms with E-state index in [2.05, 4.69) is 19.1 Å². The van der Waals surface area contributed by atoms with Crippen molar-refractivity contribution < 1.29 is 19.1 Å². The number of carbonyl (C=O) groups is 2. The number of hydrogen-bond acceptors (Lipinski definition) is 4. The van der Waals surface area contributed by atoms with E-state index in [9.17, 15) is 9.59 Å². The molecule has 0 spiro atoms. The van der Waals surface area contributed by atoms with Crippen LogP contribution in [0.4, 0.5) is 10.5 Å². The Morgan fingerprint density at radius 2 is 1.85 bits per heavy atom. The monoisotopic (exact) mass is 374 g/mol. The van der Waals surface area contributed by atoms with Gasteiger partial charge in [0.2, 0.25) is 0 Å². The first-order valence-electron chi connectivity index (χ1n) is 9.85. The van der Waals surface area contributed by atoms with E-state index in [1.807, 2.05) is 25.7 Å². The summed E-state index contributed by atoms with van der Waals surface area (Å²) in [5.74, 6) is 0.787. The number of rotatable bonds is 3. The highest BCUT2D eigenvalue weighted by Crippen LogP contribution is 2.36. The molecular formula is C21H30N2O4. The summed E-state index contributed by atoms with van der Waals surface area (Å²) in [5, 5.41) is 0. The summed E-state index contributed by atoms with van der Waals surface area (Å²) < 4.78 is 11.2. The smallest absolute Gasteiger partial charge is 0.410 e. The van der Waals surface area contributed by atoms with Crippen LogP contribution >= 0.6 is 0 Å². The summed E-state index contributed by atoms with van der Waals surface area (Å²) in [4.78, 5) is 28.3. The van der Waals surface area contributed by atoms with Gasteiger partial charge in [-0.05, 0) is 63.3 Å². The van der Waals surface area contributed by atoms with Crippen LogP contribution in [0, 0.1) is 0 Å². The molecule has 1 aromatic carbocycles. The van der Waals surface area contributed by atoms with Crippen LogP contribution in [0.25, 0.3) is 0 Å². The highest BCUT2D eigenvalue weighted by Gasteiger charge is 2.29. The first kappa shape index (κ1) is 19.5. The number of hydrogen-bond donors (Lipinski definition) is 0. The maximum Gasteiger partial charge on any atom is 0.410 e. The molecule has 1 aromatic rings. The van der Waals surface area contributed by atoms with Crippen LogP contribution < -0.4 is 9.64 Å². The second-order valence-corrected chi connectivity index (χ2v) is 8.24. The maximum absolute atomic E-state index is 12.4. The molecule has 148 valence electrons. The summed E-state index contributed by atoms with van der Waals surface area (Å²) in [6.07, 6.45) is 3.24. The number of ether oxygens (including phenoxy) is 2. The van der Waals surface area contributed by atoms with E-state index in [0.29, 0.717) is 19.6 Å². The molecule has 2 aliphatic rings. The quantitative estimate of drug-likeness (QED) is 0.812. The Hall–Kier alpha value is -2.24. The number of amides is 2. The topological polar surface area (TPSA) is 59.1 Å². The molecule has 0 radical (unpaired) electrons. The molecule has 0 saturated heterocycles. The van der Waals surface area contributed by atoms with Crippen molar-refractivity contribution in [1.29, 1.82) is 0 Å². The molecule has 0 atom stereocenters. The van der Waals surface area contributed by atoms with Crippen LogP contribution in [-0.2, 0) is 22.4 Å². The number of carbonyl (C=O) groups excluding carboxylic acids is 2. The minimum atomic E-state index is -0.497. The standard InChI is InChI=1S/C21H30N2O4/c1-5-6-9-23-17-12-15-7-10-22(20(25)27-21(2,3)4)11-8-16(15)13-18(17)26-14-19(23)24/h12-13H,5-11,14H2,1-4H3. The van der Waals surface area contributed by atoms with Gasteiger partial charge in [0.15, 0.2) is 6.61 Å². The van der Waals surface area contributed by atoms with Gasteiger partial charge >= 0.3 is 6.09 Å². The van der Waals surface area contributed by atoms with Gasteiger partial charge in [-0.3, -0.25) is 4.79 Å². The Bertz CT molecular complexity index is 724. The van der Waals surface area contributed by atoms with Gasteiger partial charge < -0.3 is 19.3 Å². The van der Waals surface area contributed by atoms with E-state index in [1.165, 1.54) is 11.1 Å². The van der Waals surface area contributed by atoms with Gasteiger partial charge in [-0.15, -0.1) is 0 Å².